The van der Waals surface area contributed by atoms with Crippen molar-refractivity contribution < 1.29 is 42.9 Å². The summed E-state index contributed by atoms with van der Waals surface area (Å²) in [5.74, 6) is -2.69. The molecular weight excluding hydrogens is 374 g/mol. The number of hydrogen-bond acceptors (Lipinski definition) is 9. The topological polar surface area (TPSA) is 134 Å². The molecule has 0 aromatic carbocycles. The summed E-state index contributed by atoms with van der Waals surface area (Å²) >= 11 is 0. The van der Waals surface area contributed by atoms with E-state index in [-0.39, 0.29) is 25.4 Å². The summed E-state index contributed by atoms with van der Waals surface area (Å²) in [5, 5.41) is 2.64. The molecule has 10 nitrogen and oxygen atoms in total. The number of hydrogen-bond donors (Lipinski definition) is 1. The molecule has 1 N–H and O–H groups in total. The van der Waals surface area contributed by atoms with E-state index in [0.29, 0.717) is 0 Å². The Morgan fingerprint density at radius 2 is 1.11 bits per heavy atom. The first-order valence-corrected chi connectivity index (χ1v) is 8.84. The van der Waals surface area contributed by atoms with Crippen LogP contribution in [0.3, 0.4) is 0 Å². The van der Waals surface area contributed by atoms with Gasteiger partial charge >= 0.3 is 23.9 Å². The molecule has 0 heterocycles. The second-order valence-electron chi connectivity index (χ2n) is 6.31. The summed E-state index contributed by atoms with van der Waals surface area (Å²) in [6, 6.07) is -0.500. The maximum Gasteiger partial charge on any atom is 0.303 e. The molecule has 0 spiro atoms. The number of carbonyl (C=O) groups is 5. The van der Waals surface area contributed by atoms with Crippen LogP contribution in [0.1, 0.15) is 54.4 Å². The molecule has 0 aromatic rings. The highest BCUT2D eigenvalue weighted by Crippen LogP contribution is 2.17. The van der Waals surface area contributed by atoms with E-state index in [1.807, 2.05) is 0 Å². The van der Waals surface area contributed by atoms with Gasteiger partial charge in [0, 0.05) is 34.6 Å². The minimum absolute atomic E-state index is 0.126. The molecule has 0 radical (unpaired) electrons. The molecule has 0 saturated heterocycles. The number of carbonyl (C=O) groups excluding carboxylic acids is 5. The van der Waals surface area contributed by atoms with Crippen molar-refractivity contribution in [2.45, 2.75) is 78.7 Å². The van der Waals surface area contributed by atoms with Crippen LogP contribution >= 0.6 is 0 Å². The fourth-order valence-corrected chi connectivity index (χ4v) is 2.53. The van der Waals surface area contributed by atoms with E-state index in [2.05, 4.69) is 5.32 Å². The third kappa shape index (κ3) is 11.9. The maximum atomic E-state index is 11.5. The van der Waals surface area contributed by atoms with Gasteiger partial charge < -0.3 is 24.3 Å². The van der Waals surface area contributed by atoms with E-state index < -0.39 is 48.2 Å². The Bertz CT molecular complexity index is 575. The van der Waals surface area contributed by atoms with E-state index in [1.54, 1.807) is 6.92 Å². The van der Waals surface area contributed by atoms with Crippen LogP contribution in [0.15, 0.2) is 0 Å². The Hall–Kier alpha value is -2.65. The normalized spacial score (nSPS) is 14.6. The van der Waals surface area contributed by atoms with Gasteiger partial charge in [0.2, 0.25) is 5.91 Å². The summed E-state index contributed by atoms with van der Waals surface area (Å²) in [7, 11) is 0. The number of amides is 1. The summed E-state index contributed by atoms with van der Waals surface area (Å²) in [6.07, 6.45) is -2.36. The fraction of sp³-hybridized carbons (Fsp3) is 0.722. The van der Waals surface area contributed by atoms with Crippen LogP contribution in [-0.4, -0.2) is 60.7 Å². The van der Waals surface area contributed by atoms with Gasteiger partial charge in [-0.1, -0.05) is 0 Å². The van der Waals surface area contributed by atoms with Gasteiger partial charge in [-0.2, -0.15) is 0 Å². The predicted octanol–water partition coefficient (Wildman–Crippen LogP) is 0.649. The summed E-state index contributed by atoms with van der Waals surface area (Å²) < 4.78 is 20.5. The zero-order valence-corrected chi connectivity index (χ0v) is 17.1. The van der Waals surface area contributed by atoms with E-state index in [0.717, 1.165) is 0 Å². The van der Waals surface area contributed by atoms with Crippen LogP contribution < -0.4 is 5.32 Å². The first kappa shape index (κ1) is 25.4. The number of nitrogens with one attached hydrogen (secondary N) is 1. The largest absolute Gasteiger partial charge is 0.462 e. The highest BCUT2D eigenvalue weighted by Gasteiger charge is 2.31. The molecular formula is C18H29NO9. The van der Waals surface area contributed by atoms with Gasteiger partial charge in [-0.05, 0) is 19.8 Å². The third-order valence-electron chi connectivity index (χ3n) is 3.54. The molecule has 0 aliphatic rings. The van der Waals surface area contributed by atoms with Gasteiger partial charge in [0.1, 0.15) is 18.8 Å². The standard InChI is InChI=1S/C18H29NO9/c1-10(19-11(2)20)16(26-13(4)22)7-8-17(27-14(5)23)18(28-15(6)24)9-25-12(3)21/h10,16-18H,7-9H2,1-6H3,(H,19,20). The maximum absolute atomic E-state index is 11.5. The minimum atomic E-state index is -1.03. The van der Waals surface area contributed by atoms with Crippen LogP contribution in [-0.2, 0) is 42.9 Å². The zero-order chi connectivity index (χ0) is 21.9. The van der Waals surface area contributed by atoms with Crippen molar-refractivity contribution in [3.05, 3.63) is 0 Å². The van der Waals surface area contributed by atoms with Crippen molar-refractivity contribution in [1.82, 2.24) is 5.32 Å². The average Bonchev–Trinajstić information content (AvgIpc) is 2.52. The zero-order valence-electron chi connectivity index (χ0n) is 17.1. The summed E-state index contributed by atoms with van der Waals surface area (Å²) in [6.45, 7) is 7.49. The third-order valence-corrected chi connectivity index (χ3v) is 3.54. The number of esters is 4. The monoisotopic (exact) mass is 403 g/mol. The lowest BCUT2D eigenvalue weighted by atomic mass is 10.0. The van der Waals surface area contributed by atoms with Crippen LogP contribution in [0, 0.1) is 0 Å². The molecule has 0 aliphatic carbocycles. The van der Waals surface area contributed by atoms with E-state index in [1.165, 1.54) is 34.6 Å². The van der Waals surface area contributed by atoms with E-state index in [9.17, 15) is 24.0 Å². The second kappa shape index (κ2) is 12.7. The first-order valence-electron chi connectivity index (χ1n) is 8.84. The molecule has 0 aromatic heterocycles. The fourth-order valence-electron chi connectivity index (χ4n) is 2.53. The quantitative estimate of drug-likeness (QED) is 0.390. The Labute approximate surface area is 164 Å². The van der Waals surface area contributed by atoms with Crippen molar-refractivity contribution in [2.75, 3.05) is 6.61 Å². The molecule has 10 heteroatoms. The number of ether oxygens (including phenoxy) is 4. The highest BCUT2D eigenvalue weighted by molar-refractivity contribution is 5.73. The molecule has 160 valence electrons. The summed E-state index contributed by atoms with van der Waals surface area (Å²) in [4.78, 5) is 56.6. The van der Waals surface area contributed by atoms with Gasteiger partial charge in [0.25, 0.3) is 0 Å². The Morgan fingerprint density at radius 3 is 1.54 bits per heavy atom. The van der Waals surface area contributed by atoms with Gasteiger partial charge in [-0.15, -0.1) is 0 Å². The van der Waals surface area contributed by atoms with E-state index >= 15 is 0 Å². The molecule has 0 bridgehead atoms. The van der Waals surface area contributed by atoms with Crippen molar-refractivity contribution in [3.63, 3.8) is 0 Å². The van der Waals surface area contributed by atoms with Crippen molar-refractivity contribution in [3.8, 4) is 0 Å². The Kier molecular flexibility index (Phi) is 11.5. The van der Waals surface area contributed by atoms with Crippen LogP contribution in [0.4, 0.5) is 0 Å². The van der Waals surface area contributed by atoms with Crippen molar-refractivity contribution in [2.24, 2.45) is 0 Å². The SMILES string of the molecule is CC(=O)NC(C)C(CCC(OC(C)=O)C(COC(C)=O)OC(C)=O)OC(C)=O. The van der Waals surface area contributed by atoms with Crippen LogP contribution in [0.25, 0.3) is 0 Å². The Morgan fingerprint density at radius 1 is 0.679 bits per heavy atom. The van der Waals surface area contributed by atoms with Crippen molar-refractivity contribution >= 4 is 29.8 Å². The Balaban J connectivity index is 5.32. The van der Waals surface area contributed by atoms with Gasteiger partial charge in [-0.25, -0.2) is 0 Å². The smallest absolute Gasteiger partial charge is 0.303 e. The van der Waals surface area contributed by atoms with Gasteiger partial charge in [-0.3, -0.25) is 24.0 Å². The molecule has 4 atom stereocenters. The van der Waals surface area contributed by atoms with Gasteiger partial charge in [0.15, 0.2) is 6.10 Å². The molecule has 28 heavy (non-hydrogen) atoms. The molecule has 4 unspecified atom stereocenters. The number of rotatable bonds is 11. The van der Waals surface area contributed by atoms with Crippen LogP contribution in [0.2, 0.25) is 0 Å². The molecule has 0 saturated carbocycles. The first-order chi connectivity index (χ1) is 12.9. The molecule has 1 amide bonds. The summed E-state index contributed by atoms with van der Waals surface area (Å²) in [5.41, 5.74) is 0. The molecule has 0 rings (SSSR count). The average molecular weight is 403 g/mol. The highest BCUT2D eigenvalue weighted by atomic mass is 16.6. The molecule has 0 fully saturated rings. The lowest BCUT2D eigenvalue weighted by Gasteiger charge is -2.29. The predicted molar refractivity (Wildman–Crippen MR) is 95.8 cm³/mol. The van der Waals surface area contributed by atoms with Crippen LogP contribution in [0.5, 0.6) is 0 Å². The second-order valence-corrected chi connectivity index (χ2v) is 6.31. The van der Waals surface area contributed by atoms with Gasteiger partial charge in [0.05, 0.1) is 6.04 Å². The minimum Gasteiger partial charge on any atom is -0.462 e. The van der Waals surface area contributed by atoms with E-state index in [4.69, 9.17) is 18.9 Å². The lowest BCUT2D eigenvalue weighted by Crippen LogP contribution is -2.44. The van der Waals surface area contributed by atoms with Crippen molar-refractivity contribution in [1.29, 1.82) is 0 Å². The molecule has 0 aliphatic heterocycles. The lowest BCUT2D eigenvalue weighted by molar-refractivity contribution is -0.174.